The summed E-state index contributed by atoms with van der Waals surface area (Å²) in [6, 6.07) is 5.52. The van der Waals surface area contributed by atoms with Crippen LogP contribution in [-0.4, -0.2) is 25.8 Å². The van der Waals surface area contributed by atoms with E-state index in [1.807, 2.05) is 19.2 Å². The molecule has 0 aliphatic carbocycles. The average Bonchev–Trinajstić information content (AvgIpc) is 2.84. The van der Waals surface area contributed by atoms with Crippen molar-refractivity contribution in [3.8, 4) is 0 Å². The van der Waals surface area contributed by atoms with Gasteiger partial charge in [0.05, 0.1) is 6.10 Å². The molecule has 1 heterocycles. The van der Waals surface area contributed by atoms with E-state index in [2.05, 4.69) is 21.2 Å². The first-order valence-electron chi connectivity index (χ1n) is 6.42. The number of hydrogen-bond acceptors (Lipinski definition) is 2. The highest BCUT2D eigenvalue weighted by molar-refractivity contribution is 9.10. The number of rotatable bonds is 5. The highest BCUT2D eigenvalue weighted by Crippen LogP contribution is 2.21. The molecule has 0 bridgehead atoms. The molecule has 100 valence electrons. The van der Waals surface area contributed by atoms with Crippen LogP contribution in [0.4, 0.5) is 4.39 Å². The fourth-order valence-electron chi connectivity index (χ4n) is 2.40. The lowest BCUT2D eigenvalue weighted by atomic mass is 9.99. The largest absolute Gasteiger partial charge is 0.378 e. The van der Waals surface area contributed by atoms with Crippen molar-refractivity contribution in [3.05, 3.63) is 34.1 Å². The van der Waals surface area contributed by atoms with Gasteiger partial charge in [-0.2, -0.15) is 0 Å². The minimum Gasteiger partial charge on any atom is -0.378 e. The molecule has 1 aliphatic heterocycles. The molecule has 2 unspecified atom stereocenters. The van der Waals surface area contributed by atoms with Crippen LogP contribution >= 0.6 is 15.9 Å². The quantitative estimate of drug-likeness (QED) is 0.900. The van der Waals surface area contributed by atoms with Crippen molar-refractivity contribution >= 4 is 15.9 Å². The van der Waals surface area contributed by atoms with Gasteiger partial charge in [0.2, 0.25) is 0 Å². The zero-order valence-corrected chi connectivity index (χ0v) is 12.2. The maximum atomic E-state index is 13.8. The molecule has 18 heavy (non-hydrogen) atoms. The highest BCUT2D eigenvalue weighted by atomic mass is 79.9. The van der Waals surface area contributed by atoms with E-state index in [1.165, 1.54) is 6.07 Å². The molecule has 0 radical (unpaired) electrons. The van der Waals surface area contributed by atoms with E-state index in [-0.39, 0.29) is 11.9 Å². The molecule has 0 saturated carbocycles. The Kier molecular flexibility index (Phi) is 5.15. The fourth-order valence-corrected chi connectivity index (χ4v) is 2.74. The Labute approximate surface area is 116 Å². The Morgan fingerprint density at radius 2 is 2.39 bits per heavy atom. The molecule has 1 saturated heterocycles. The Morgan fingerprint density at radius 1 is 1.56 bits per heavy atom. The van der Waals surface area contributed by atoms with Gasteiger partial charge < -0.3 is 10.1 Å². The predicted molar refractivity (Wildman–Crippen MR) is 74.2 cm³/mol. The zero-order chi connectivity index (χ0) is 13.0. The molecule has 1 aromatic rings. The summed E-state index contributed by atoms with van der Waals surface area (Å²) < 4.78 is 20.2. The molecule has 0 aromatic heterocycles. The van der Waals surface area contributed by atoms with Gasteiger partial charge in [-0.15, -0.1) is 0 Å². The van der Waals surface area contributed by atoms with Gasteiger partial charge in [0.25, 0.3) is 0 Å². The van der Waals surface area contributed by atoms with E-state index in [0.29, 0.717) is 12.5 Å². The van der Waals surface area contributed by atoms with Gasteiger partial charge in [0.15, 0.2) is 0 Å². The standard InChI is InChI=1S/C14H19BrFNO/c1-17-12(9-13-3-2-6-18-13)7-10-4-5-11(15)8-14(10)16/h4-5,8,12-13,17H,2-3,6-7,9H2,1H3. The van der Waals surface area contributed by atoms with Gasteiger partial charge in [0, 0.05) is 17.1 Å². The summed E-state index contributed by atoms with van der Waals surface area (Å²) in [5.74, 6) is -0.142. The summed E-state index contributed by atoms with van der Waals surface area (Å²) in [5, 5.41) is 3.26. The van der Waals surface area contributed by atoms with Crippen molar-refractivity contribution in [2.24, 2.45) is 0 Å². The molecule has 2 atom stereocenters. The second-order valence-corrected chi connectivity index (χ2v) is 5.71. The topological polar surface area (TPSA) is 21.3 Å². The summed E-state index contributed by atoms with van der Waals surface area (Å²) in [5.41, 5.74) is 0.760. The highest BCUT2D eigenvalue weighted by Gasteiger charge is 2.20. The maximum Gasteiger partial charge on any atom is 0.127 e. The molecule has 1 fully saturated rings. The maximum absolute atomic E-state index is 13.8. The number of likely N-dealkylation sites (N-methyl/N-ethyl adjacent to an activating group) is 1. The van der Waals surface area contributed by atoms with Gasteiger partial charge in [-0.25, -0.2) is 4.39 Å². The van der Waals surface area contributed by atoms with Gasteiger partial charge in [0.1, 0.15) is 5.82 Å². The lowest BCUT2D eigenvalue weighted by Crippen LogP contribution is -2.32. The summed E-state index contributed by atoms with van der Waals surface area (Å²) >= 11 is 3.27. The molecule has 4 heteroatoms. The van der Waals surface area contributed by atoms with Crippen LogP contribution in [0.3, 0.4) is 0 Å². The van der Waals surface area contributed by atoms with Gasteiger partial charge in [-0.1, -0.05) is 22.0 Å². The summed E-state index contributed by atoms with van der Waals surface area (Å²) in [6.07, 6.45) is 4.26. The molecule has 0 spiro atoms. The third-order valence-electron chi connectivity index (χ3n) is 3.46. The first-order valence-corrected chi connectivity index (χ1v) is 7.21. The van der Waals surface area contributed by atoms with Gasteiger partial charge >= 0.3 is 0 Å². The second kappa shape index (κ2) is 6.64. The Balaban J connectivity index is 1.96. The predicted octanol–water partition coefficient (Wildman–Crippen LogP) is 3.29. The molecular formula is C14H19BrFNO. The Hall–Kier alpha value is -0.450. The summed E-state index contributed by atoms with van der Waals surface area (Å²) in [7, 11) is 1.93. The molecule has 1 aromatic carbocycles. The SMILES string of the molecule is CNC(Cc1ccc(Br)cc1F)CC1CCCO1. The van der Waals surface area contributed by atoms with Crippen molar-refractivity contribution in [3.63, 3.8) is 0 Å². The van der Waals surface area contributed by atoms with E-state index in [4.69, 9.17) is 4.74 Å². The number of halogens is 2. The van der Waals surface area contributed by atoms with E-state index in [0.717, 1.165) is 35.9 Å². The second-order valence-electron chi connectivity index (χ2n) is 4.80. The Morgan fingerprint density at radius 3 is 3.00 bits per heavy atom. The molecular weight excluding hydrogens is 297 g/mol. The number of hydrogen-bond donors (Lipinski definition) is 1. The summed E-state index contributed by atoms with van der Waals surface area (Å²) in [4.78, 5) is 0. The lowest BCUT2D eigenvalue weighted by Gasteiger charge is -2.20. The van der Waals surface area contributed by atoms with Gasteiger partial charge in [-0.05, 0) is 50.4 Å². The van der Waals surface area contributed by atoms with Crippen molar-refractivity contribution in [2.45, 2.75) is 37.8 Å². The molecule has 2 rings (SSSR count). The van der Waals surface area contributed by atoms with Crippen LogP contribution in [0.25, 0.3) is 0 Å². The monoisotopic (exact) mass is 315 g/mol. The summed E-state index contributed by atoms with van der Waals surface area (Å²) in [6.45, 7) is 0.869. The molecule has 2 nitrogen and oxygen atoms in total. The number of benzene rings is 1. The third-order valence-corrected chi connectivity index (χ3v) is 3.95. The molecule has 1 aliphatic rings. The minimum absolute atomic E-state index is 0.142. The van der Waals surface area contributed by atoms with Crippen molar-refractivity contribution in [1.29, 1.82) is 0 Å². The average molecular weight is 316 g/mol. The van der Waals surface area contributed by atoms with Crippen LogP contribution in [0, 0.1) is 5.82 Å². The Bertz CT molecular complexity index is 393. The van der Waals surface area contributed by atoms with E-state index >= 15 is 0 Å². The first kappa shape index (κ1) is 14.0. The van der Waals surface area contributed by atoms with Crippen LogP contribution in [0.15, 0.2) is 22.7 Å². The van der Waals surface area contributed by atoms with Crippen molar-refractivity contribution < 1.29 is 9.13 Å². The molecule has 1 N–H and O–H groups in total. The van der Waals surface area contributed by atoms with Crippen LogP contribution in [-0.2, 0) is 11.2 Å². The lowest BCUT2D eigenvalue weighted by molar-refractivity contribution is 0.0953. The smallest absolute Gasteiger partial charge is 0.127 e. The minimum atomic E-state index is -0.142. The van der Waals surface area contributed by atoms with Crippen molar-refractivity contribution in [2.75, 3.05) is 13.7 Å². The molecule has 0 amide bonds. The zero-order valence-electron chi connectivity index (χ0n) is 10.6. The van der Waals surface area contributed by atoms with Crippen LogP contribution in [0.5, 0.6) is 0 Å². The third kappa shape index (κ3) is 3.77. The van der Waals surface area contributed by atoms with E-state index in [1.54, 1.807) is 0 Å². The van der Waals surface area contributed by atoms with Gasteiger partial charge in [-0.3, -0.25) is 0 Å². The van der Waals surface area contributed by atoms with Crippen molar-refractivity contribution in [1.82, 2.24) is 5.32 Å². The van der Waals surface area contributed by atoms with Crippen LogP contribution in [0.2, 0.25) is 0 Å². The van der Waals surface area contributed by atoms with Crippen LogP contribution in [0.1, 0.15) is 24.8 Å². The first-order chi connectivity index (χ1) is 8.69. The number of ether oxygens (including phenoxy) is 1. The van der Waals surface area contributed by atoms with E-state index < -0.39 is 0 Å². The number of nitrogens with one attached hydrogen (secondary N) is 1. The fraction of sp³-hybridized carbons (Fsp3) is 0.571. The van der Waals surface area contributed by atoms with Crippen LogP contribution < -0.4 is 5.32 Å². The van der Waals surface area contributed by atoms with E-state index in [9.17, 15) is 4.39 Å². The normalized spacial score (nSPS) is 21.2.